The molecule has 0 heterocycles. The summed E-state index contributed by atoms with van der Waals surface area (Å²) in [4.78, 5) is 14.9. The third-order valence-corrected chi connectivity index (χ3v) is 5.97. The Bertz CT molecular complexity index is 538. The number of carbonyl (C=O) groups excluding carboxylic acids is 1. The number of rotatable bonds is 2. The van der Waals surface area contributed by atoms with Crippen LogP contribution in [0.5, 0.6) is 0 Å². The minimum atomic E-state index is 0.317. The van der Waals surface area contributed by atoms with Crippen LogP contribution in [0.3, 0.4) is 0 Å². The first-order valence-electron chi connectivity index (χ1n) is 8.08. The van der Waals surface area contributed by atoms with Crippen molar-refractivity contribution in [2.45, 2.75) is 44.6 Å². The molecule has 20 heavy (non-hydrogen) atoms. The first kappa shape index (κ1) is 12.4. The van der Waals surface area contributed by atoms with E-state index in [0.717, 1.165) is 25.2 Å². The number of carbonyl (C=O) groups is 1. The van der Waals surface area contributed by atoms with Crippen molar-refractivity contribution in [3.8, 4) is 0 Å². The minimum absolute atomic E-state index is 0.317. The number of aryl methyl sites for hydroxylation is 1. The molecule has 1 aromatic carbocycles. The second-order valence-electron chi connectivity index (χ2n) is 6.98. The number of benzene rings is 1. The predicted molar refractivity (Wildman–Crippen MR) is 79.2 cm³/mol. The van der Waals surface area contributed by atoms with Gasteiger partial charge < -0.3 is 4.90 Å². The van der Waals surface area contributed by atoms with Crippen molar-refractivity contribution >= 4 is 5.91 Å². The Morgan fingerprint density at radius 1 is 1.15 bits per heavy atom. The van der Waals surface area contributed by atoms with Crippen LogP contribution in [0, 0.1) is 17.8 Å². The average molecular weight is 269 g/mol. The van der Waals surface area contributed by atoms with Gasteiger partial charge in [-0.05, 0) is 55.1 Å². The molecule has 0 spiro atoms. The Labute approximate surface area is 121 Å². The van der Waals surface area contributed by atoms with Crippen LogP contribution >= 0.6 is 0 Å². The summed E-state index contributed by atoms with van der Waals surface area (Å²) >= 11 is 0. The molecule has 3 aliphatic rings. The van der Waals surface area contributed by atoms with E-state index in [2.05, 4.69) is 29.2 Å². The lowest BCUT2D eigenvalue weighted by molar-refractivity contribution is -0.138. The molecule has 0 radical (unpaired) electrons. The van der Waals surface area contributed by atoms with Gasteiger partial charge in [0.05, 0.1) is 6.04 Å². The van der Waals surface area contributed by atoms with E-state index in [9.17, 15) is 4.79 Å². The molecule has 4 atom stereocenters. The highest BCUT2D eigenvalue weighted by molar-refractivity contribution is 5.80. The molecule has 0 aliphatic heterocycles. The first-order chi connectivity index (χ1) is 9.74. The fourth-order valence-electron chi connectivity index (χ4n) is 4.90. The zero-order chi connectivity index (χ0) is 13.7. The fourth-order valence-corrected chi connectivity index (χ4v) is 4.90. The van der Waals surface area contributed by atoms with E-state index in [0.29, 0.717) is 23.8 Å². The van der Waals surface area contributed by atoms with Crippen molar-refractivity contribution in [3.63, 3.8) is 0 Å². The Hall–Kier alpha value is -1.31. The van der Waals surface area contributed by atoms with Crippen LogP contribution in [0.4, 0.5) is 0 Å². The van der Waals surface area contributed by atoms with Gasteiger partial charge in [0.2, 0.25) is 5.91 Å². The maximum absolute atomic E-state index is 12.9. The van der Waals surface area contributed by atoms with Crippen LogP contribution in [-0.2, 0) is 11.2 Å². The van der Waals surface area contributed by atoms with Gasteiger partial charge in [-0.15, -0.1) is 0 Å². The summed E-state index contributed by atoms with van der Waals surface area (Å²) < 4.78 is 0. The molecule has 0 unspecified atom stereocenters. The van der Waals surface area contributed by atoms with Gasteiger partial charge in [0.25, 0.3) is 0 Å². The number of fused-ring (bicyclic) bond motifs is 3. The molecule has 3 aliphatic carbocycles. The smallest absolute Gasteiger partial charge is 0.226 e. The van der Waals surface area contributed by atoms with Crippen molar-refractivity contribution in [2.75, 3.05) is 7.05 Å². The molecule has 2 saturated carbocycles. The largest absolute Gasteiger partial charge is 0.338 e. The molecular weight excluding hydrogens is 246 g/mol. The van der Waals surface area contributed by atoms with Gasteiger partial charge in [-0.25, -0.2) is 0 Å². The summed E-state index contributed by atoms with van der Waals surface area (Å²) in [5.74, 6) is 2.27. The van der Waals surface area contributed by atoms with E-state index in [1.165, 1.54) is 30.4 Å². The summed E-state index contributed by atoms with van der Waals surface area (Å²) in [6.45, 7) is 0. The monoisotopic (exact) mass is 269 g/mol. The molecule has 0 N–H and O–H groups in total. The van der Waals surface area contributed by atoms with Crippen LogP contribution in [0.15, 0.2) is 24.3 Å². The van der Waals surface area contributed by atoms with Gasteiger partial charge in [-0.3, -0.25) is 4.79 Å². The molecule has 0 saturated heterocycles. The predicted octanol–water partition coefficient (Wildman–Crippen LogP) is 3.57. The Balaban J connectivity index is 1.53. The standard InChI is InChI=1S/C18H23NO/c1-19(17-9-8-13-4-2-3-5-15(13)17)18(20)16-11-12-6-7-14(16)10-12/h2-5,12,14,16-17H,6-11H2,1H3/t12-,14-,16+,17+/m0/s1. The molecule has 2 heteroatoms. The second kappa shape index (κ2) is 4.61. The molecule has 1 amide bonds. The Kier molecular flexibility index (Phi) is 2.87. The number of nitrogens with zero attached hydrogens (tertiary/aromatic N) is 1. The molecule has 2 nitrogen and oxygen atoms in total. The van der Waals surface area contributed by atoms with E-state index in [-0.39, 0.29) is 0 Å². The van der Waals surface area contributed by atoms with Crippen molar-refractivity contribution in [1.29, 1.82) is 0 Å². The van der Waals surface area contributed by atoms with Crippen molar-refractivity contribution in [3.05, 3.63) is 35.4 Å². The van der Waals surface area contributed by atoms with E-state index >= 15 is 0 Å². The molecular formula is C18H23NO. The molecule has 2 fully saturated rings. The lowest BCUT2D eigenvalue weighted by atomic mass is 9.87. The highest BCUT2D eigenvalue weighted by Gasteiger charge is 2.45. The van der Waals surface area contributed by atoms with Crippen LogP contribution in [0.2, 0.25) is 0 Å². The van der Waals surface area contributed by atoms with E-state index < -0.39 is 0 Å². The van der Waals surface area contributed by atoms with E-state index in [1.807, 2.05) is 7.05 Å². The third-order valence-electron chi connectivity index (χ3n) is 5.97. The topological polar surface area (TPSA) is 20.3 Å². The molecule has 4 rings (SSSR count). The van der Waals surface area contributed by atoms with Gasteiger partial charge in [0.1, 0.15) is 0 Å². The van der Waals surface area contributed by atoms with Crippen LogP contribution < -0.4 is 0 Å². The first-order valence-corrected chi connectivity index (χ1v) is 8.08. The van der Waals surface area contributed by atoms with Crippen LogP contribution in [0.25, 0.3) is 0 Å². The number of hydrogen-bond donors (Lipinski definition) is 0. The molecule has 1 aromatic rings. The normalized spacial score (nSPS) is 34.2. The lowest BCUT2D eigenvalue weighted by Gasteiger charge is -2.31. The van der Waals surface area contributed by atoms with Gasteiger partial charge in [-0.1, -0.05) is 30.7 Å². The Morgan fingerprint density at radius 2 is 2.00 bits per heavy atom. The van der Waals surface area contributed by atoms with E-state index in [4.69, 9.17) is 0 Å². The maximum Gasteiger partial charge on any atom is 0.226 e. The summed E-state index contributed by atoms with van der Waals surface area (Å²) in [5.41, 5.74) is 2.82. The number of hydrogen-bond acceptors (Lipinski definition) is 1. The minimum Gasteiger partial charge on any atom is -0.338 e. The van der Waals surface area contributed by atoms with Crippen molar-refractivity contribution < 1.29 is 4.79 Å². The van der Waals surface area contributed by atoms with Gasteiger partial charge in [0.15, 0.2) is 0 Å². The zero-order valence-electron chi connectivity index (χ0n) is 12.2. The quantitative estimate of drug-likeness (QED) is 0.803. The van der Waals surface area contributed by atoms with Crippen molar-refractivity contribution in [1.82, 2.24) is 4.90 Å². The second-order valence-corrected chi connectivity index (χ2v) is 6.98. The van der Waals surface area contributed by atoms with Crippen LogP contribution in [0.1, 0.15) is 49.3 Å². The summed E-state index contributed by atoms with van der Waals surface area (Å²) in [6.07, 6.45) is 7.34. The molecule has 106 valence electrons. The lowest BCUT2D eigenvalue weighted by Crippen LogP contribution is -2.37. The fraction of sp³-hybridized carbons (Fsp3) is 0.611. The third kappa shape index (κ3) is 1.81. The Morgan fingerprint density at radius 3 is 2.75 bits per heavy atom. The average Bonchev–Trinajstić information content (AvgIpc) is 3.19. The zero-order valence-corrected chi connectivity index (χ0v) is 12.2. The summed E-state index contributed by atoms with van der Waals surface area (Å²) in [7, 11) is 2.03. The highest BCUT2D eigenvalue weighted by atomic mass is 16.2. The van der Waals surface area contributed by atoms with Crippen molar-refractivity contribution in [2.24, 2.45) is 17.8 Å². The number of amides is 1. The van der Waals surface area contributed by atoms with Crippen LogP contribution in [-0.4, -0.2) is 17.9 Å². The maximum atomic E-state index is 12.9. The molecule has 2 bridgehead atoms. The summed E-state index contributed by atoms with van der Waals surface area (Å²) in [5, 5.41) is 0. The van der Waals surface area contributed by atoms with E-state index in [1.54, 1.807) is 0 Å². The molecule has 0 aromatic heterocycles. The summed E-state index contributed by atoms with van der Waals surface area (Å²) in [6, 6.07) is 8.95. The van der Waals surface area contributed by atoms with Gasteiger partial charge in [0, 0.05) is 13.0 Å². The van der Waals surface area contributed by atoms with Gasteiger partial charge >= 0.3 is 0 Å². The van der Waals surface area contributed by atoms with Gasteiger partial charge in [-0.2, -0.15) is 0 Å². The highest BCUT2D eigenvalue weighted by Crippen LogP contribution is 2.49. The SMILES string of the molecule is CN(C(=O)[C@@H]1C[C@H]2CC[C@H]1C2)[C@@H]1CCc2ccccc21.